The number of aliphatic hydroxyl groups excluding tert-OH is 1. The molecule has 1 aromatic heterocycles. The summed E-state index contributed by atoms with van der Waals surface area (Å²) in [6.07, 6.45) is -1.89. The number of anilines is 1. The van der Waals surface area contributed by atoms with Crippen LogP contribution in [0.2, 0.25) is 5.02 Å². The number of aromatic nitrogens is 1. The lowest BCUT2D eigenvalue weighted by Gasteiger charge is -2.20. The van der Waals surface area contributed by atoms with Crippen LogP contribution >= 0.6 is 27.5 Å². The van der Waals surface area contributed by atoms with Crippen molar-refractivity contribution in [1.82, 2.24) is 4.57 Å². The Balaban J connectivity index is 1.88. The molecule has 2 heterocycles. The number of nitrogens with zero attached hydrogens (tertiary/aromatic N) is 1. The summed E-state index contributed by atoms with van der Waals surface area (Å²) in [5.74, 6) is -5.37. The molecule has 0 amide bonds. The summed E-state index contributed by atoms with van der Waals surface area (Å²) >= 11 is 8.87. The topological polar surface area (TPSA) is 71.3 Å². The van der Waals surface area contributed by atoms with Crippen LogP contribution in [-0.4, -0.2) is 30.1 Å². The van der Waals surface area contributed by atoms with Gasteiger partial charge in [0.2, 0.25) is 0 Å². The van der Waals surface area contributed by atoms with E-state index in [0.29, 0.717) is 6.07 Å². The second-order valence-corrected chi connectivity index (χ2v) is 9.79. The zero-order valence-corrected chi connectivity index (χ0v) is 17.9. The van der Waals surface area contributed by atoms with E-state index in [1.54, 1.807) is 0 Å². The minimum Gasteiger partial charge on any atom is -0.385 e. The van der Waals surface area contributed by atoms with E-state index in [0.717, 1.165) is 12.3 Å². The van der Waals surface area contributed by atoms with Gasteiger partial charge in [0.1, 0.15) is 22.6 Å². The van der Waals surface area contributed by atoms with E-state index in [9.17, 15) is 31.1 Å². The molecule has 2 aromatic carbocycles. The van der Waals surface area contributed by atoms with Gasteiger partial charge in [0.25, 0.3) is 15.9 Å². The molecule has 1 unspecified atom stereocenters. The molecule has 1 aliphatic heterocycles. The number of benzene rings is 2. The van der Waals surface area contributed by atoms with Crippen LogP contribution in [0.25, 0.3) is 10.9 Å². The van der Waals surface area contributed by atoms with E-state index in [1.165, 1.54) is 16.7 Å². The molecule has 12 heteroatoms. The van der Waals surface area contributed by atoms with Crippen molar-refractivity contribution in [3.05, 3.63) is 57.2 Å². The number of rotatable bonds is 3. The molecule has 0 saturated carbocycles. The van der Waals surface area contributed by atoms with Crippen LogP contribution in [0, 0.1) is 11.6 Å². The highest BCUT2D eigenvalue weighted by molar-refractivity contribution is 9.10. The Bertz CT molecular complexity index is 1300. The van der Waals surface area contributed by atoms with E-state index >= 15 is 0 Å². The first-order valence-corrected chi connectivity index (χ1v) is 11.1. The molecule has 160 valence electrons. The van der Waals surface area contributed by atoms with Gasteiger partial charge in [0.05, 0.1) is 22.2 Å². The highest BCUT2D eigenvalue weighted by Gasteiger charge is 2.43. The zero-order valence-electron chi connectivity index (χ0n) is 14.8. The first-order valence-electron chi connectivity index (χ1n) is 8.44. The van der Waals surface area contributed by atoms with Gasteiger partial charge in [-0.15, -0.1) is 0 Å². The van der Waals surface area contributed by atoms with Gasteiger partial charge in [0, 0.05) is 34.7 Å². The highest BCUT2D eigenvalue weighted by atomic mass is 79.9. The smallest absolute Gasteiger partial charge is 0.279 e. The number of alkyl halides is 2. The fraction of sp³-hybridized carbons (Fsp3) is 0.222. The van der Waals surface area contributed by atoms with Gasteiger partial charge < -0.3 is 9.67 Å². The van der Waals surface area contributed by atoms with Gasteiger partial charge in [-0.2, -0.15) is 0 Å². The van der Waals surface area contributed by atoms with Crippen molar-refractivity contribution in [2.24, 2.45) is 0 Å². The molecule has 0 radical (unpaired) electrons. The van der Waals surface area contributed by atoms with E-state index in [1.807, 2.05) is 4.72 Å². The maximum absolute atomic E-state index is 14.2. The van der Waals surface area contributed by atoms with Crippen molar-refractivity contribution in [1.29, 1.82) is 0 Å². The molecule has 3 aromatic rings. The van der Waals surface area contributed by atoms with Crippen molar-refractivity contribution in [3.8, 4) is 0 Å². The maximum Gasteiger partial charge on any atom is 0.279 e. The minimum atomic E-state index is -4.45. The molecule has 5 nitrogen and oxygen atoms in total. The molecule has 4 rings (SSSR count). The van der Waals surface area contributed by atoms with Gasteiger partial charge in [-0.25, -0.2) is 26.0 Å². The van der Waals surface area contributed by atoms with Crippen LogP contribution in [-0.2, 0) is 23.0 Å². The van der Waals surface area contributed by atoms with Crippen molar-refractivity contribution in [2.45, 2.75) is 29.9 Å². The Kier molecular flexibility index (Phi) is 5.08. The summed E-state index contributed by atoms with van der Waals surface area (Å²) in [7, 11) is -4.45. The fourth-order valence-corrected chi connectivity index (χ4v) is 5.23. The van der Waals surface area contributed by atoms with Crippen LogP contribution < -0.4 is 4.72 Å². The lowest BCUT2D eigenvalue weighted by molar-refractivity contribution is -0.110. The summed E-state index contributed by atoms with van der Waals surface area (Å²) in [5, 5.41) is 9.95. The molecular weight excluding hydrogens is 516 g/mol. The summed E-state index contributed by atoms with van der Waals surface area (Å²) in [6, 6.07) is 4.05. The lowest BCUT2D eigenvalue weighted by atomic mass is 10.0. The first kappa shape index (κ1) is 21.4. The Morgan fingerprint density at radius 3 is 2.63 bits per heavy atom. The summed E-state index contributed by atoms with van der Waals surface area (Å²) in [6.45, 7) is -0.576. The van der Waals surface area contributed by atoms with Crippen LogP contribution in [0.3, 0.4) is 0 Å². The monoisotopic (exact) mass is 526 g/mol. The van der Waals surface area contributed by atoms with Crippen LogP contribution in [0.15, 0.2) is 39.8 Å². The van der Waals surface area contributed by atoms with Gasteiger partial charge >= 0.3 is 0 Å². The van der Waals surface area contributed by atoms with E-state index in [-0.39, 0.29) is 30.9 Å². The molecule has 2 N–H and O–H groups in total. The average Bonchev–Trinajstić information content (AvgIpc) is 2.97. The third kappa shape index (κ3) is 3.47. The zero-order chi connectivity index (χ0) is 22.0. The Labute approximate surface area is 181 Å². The van der Waals surface area contributed by atoms with Crippen molar-refractivity contribution in [2.75, 3.05) is 4.72 Å². The van der Waals surface area contributed by atoms with E-state index in [4.69, 9.17) is 11.6 Å². The lowest BCUT2D eigenvalue weighted by Crippen LogP contribution is -2.37. The van der Waals surface area contributed by atoms with Crippen molar-refractivity contribution >= 4 is 54.1 Å². The number of aliphatic hydroxyl groups is 1. The molecule has 30 heavy (non-hydrogen) atoms. The van der Waals surface area contributed by atoms with Crippen LogP contribution in [0.4, 0.5) is 23.2 Å². The molecule has 1 atom stereocenters. The Morgan fingerprint density at radius 2 is 1.93 bits per heavy atom. The number of nitrogens with one attached hydrogen (secondary N) is 1. The quantitative estimate of drug-likeness (QED) is 0.384. The molecule has 0 spiro atoms. The third-order valence-electron chi connectivity index (χ3n) is 4.86. The van der Waals surface area contributed by atoms with Gasteiger partial charge in [-0.3, -0.25) is 4.72 Å². The molecule has 0 saturated heterocycles. The summed E-state index contributed by atoms with van der Waals surface area (Å²) < 4.78 is 85.1. The van der Waals surface area contributed by atoms with E-state index < -0.39 is 52.3 Å². The largest absolute Gasteiger partial charge is 0.385 e. The average molecular weight is 528 g/mol. The first-order chi connectivity index (χ1) is 13.9. The third-order valence-corrected chi connectivity index (χ3v) is 7.22. The van der Waals surface area contributed by atoms with Crippen molar-refractivity contribution < 1.29 is 31.1 Å². The van der Waals surface area contributed by atoms with Crippen molar-refractivity contribution in [3.63, 3.8) is 0 Å². The van der Waals surface area contributed by atoms with Crippen LogP contribution in [0.1, 0.15) is 5.56 Å². The second-order valence-electron chi connectivity index (χ2n) is 6.87. The van der Waals surface area contributed by atoms with Gasteiger partial charge in [-0.05, 0) is 34.1 Å². The number of sulfonamides is 1. The van der Waals surface area contributed by atoms with E-state index in [2.05, 4.69) is 15.9 Å². The molecule has 0 aliphatic carbocycles. The second kappa shape index (κ2) is 7.11. The number of halogens is 6. The number of hydrogen-bond donors (Lipinski definition) is 2. The van der Waals surface area contributed by atoms with Crippen LogP contribution in [0.5, 0.6) is 0 Å². The predicted molar refractivity (Wildman–Crippen MR) is 106 cm³/mol. The Hall–Kier alpha value is -1.82. The summed E-state index contributed by atoms with van der Waals surface area (Å²) in [4.78, 5) is -0.351. The predicted octanol–water partition coefficient (Wildman–Crippen LogP) is 4.69. The molecule has 0 fully saturated rings. The van der Waals surface area contributed by atoms with Gasteiger partial charge in [0.15, 0.2) is 0 Å². The minimum absolute atomic E-state index is 0.00597. The maximum atomic E-state index is 14.2. The highest BCUT2D eigenvalue weighted by Crippen LogP contribution is 2.40. The normalized spacial score (nSPS) is 18.4. The fourth-order valence-electron chi connectivity index (χ4n) is 3.41. The standard InChI is InChI=1S/C18H12BrClF4N2O3S/c19-10-3-13(22)14(4-12(10)21)25-30(28,29)15-6-26-7-16(27)18(23,24)5-9-11(20)2-1-8(15)17(9)26/h1-4,6,16,25,27H,5,7H2. The SMILES string of the molecule is O=S(=O)(Nc1cc(F)c(Br)cc1F)c1cn2c3c(c(Cl)ccc13)CC(F)(F)C(O)C2. The summed E-state index contributed by atoms with van der Waals surface area (Å²) in [5.41, 5.74) is -0.510. The molecule has 0 bridgehead atoms. The van der Waals surface area contributed by atoms with Gasteiger partial charge in [-0.1, -0.05) is 11.6 Å². The Morgan fingerprint density at radius 1 is 1.23 bits per heavy atom. The number of hydrogen-bond acceptors (Lipinski definition) is 3. The molecule has 1 aliphatic rings. The molecular formula is C18H12BrClF4N2O3S.